The van der Waals surface area contributed by atoms with Crippen molar-refractivity contribution in [3.63, 3.8) is 0 Å². The van der Waals surface area contributed by atoms with Crippen LogP contribution in [0.1, 0.15) is 31.4 Å². The maximum Gasteiger partial charge on any atom is 0.291 e. The van der Waals surface area contributed by atoms with E-state index in [9.17, 15) is 9.59 Å². The smallest absolute Gasteiger partial charge is 0.291 e. The molecule has 0 bridgehead atoms. The molecular formula is C20H21N3O5S. The second-order valence-corrected chi connectivity index (χ2v) is 7.14. The van der Waals surface area contributed by atoms with Gasteiger partial charge in [-0.05, 0) is 36.2 Å². The molecule has 2 amide bonds. The third-order valence-corrected chi connectivity index (χ3v) is 5.05. The second-order valence-electron chi connectivity index (χ2n) is 6.08. The first-order chi connectivity index (χ1) is 14.1. The summed E-state index contributed by atoms with van der Waals surface area (Å²) in [5, 5.41) is 6.17. The molecule has 2 N–H and O–H groups in total. The van der Waals surface area contributed by atoms with Crippen molar-refractivity contribution in [1.82, 2.24) is 10.3 Å². The molecule has 3 heterocycles. The van der Waals surface area contributed by atoms with Crippen molar-refractivity contribution in [2.24, 2.45) is 0 Å². The number of nitrogens with one attached hydrogen (secondary N) is 2. The van der Waals surface area contributed by atoms with Gasteiger partial charge in [0.2, 0.25) is 5.88 Å². The van der Waals surface area contributed by atoms with Gasteiger partial charge >= 0.3 is 0 Å². The van der Waals surface area contributed by atoms with Crippen molar-refractivity contribution in [3.8, 4) is 5.88 Å². The van der Waals surface area contributed by atoms with Gasteiger partial charge in [-0.1, -0.05) is 6.07 Å². The predicted octanol–water partition coefficient (Wildman–Crippen LogP) is 3.25. The number of amides is 2. The molecule has 0 atom stereocenters. The Kier molecular flexibility index (Phi) is 6.99. The van der Waals surface area contributed by atoms with Crippen LogP contribution in [0.4, 0.5) is 5.00 Å². The number of furan rings is 1. The molecular weight excluding hydrogens is 394 g/mol. The summed E-state index contributed by atoms with van der Waals surface area (Å²) in [7, 11) is 1.61. The molecule has 0 aliphatic rings. The highest BCUT2D eigenvalue weighted by molar-refractivity contribution is 7.18. The number of carbonyl (C=O) groups excluding carboxylic acids is 2. The Morgan fingerprint density at radius 3 is 2.76 bits per heavy atom. The molecule has 0 aliphatic heterocycles. The first-order valence-electron chi connectivity index (χ1n) is 8.87. The Morgan fingerprint density at radius 1 is 1.21 bits per heavy atom. The van der Waals surface area contributed by atoms with E-state index < -0.39 is 0 Å². The van der Waals surface area contributed by atoms with Crippen LogP contribution < -0.4 is 15.4 Å². The summed E-state index contributed by atoms with van der Waals surface area (Å²) in [5.74, 6) is 0.140. The van der Waals surface area contributed by atoms with Crippen LogP contribution in [-0.2, 0) is 11.3 Å². The van der Waals surface area contributed by atoms with Gasteiger partial charge in [0.15, 0.2) is 5.76 Å². The number of rotatable bonds is 9. The maximum atomic E-state index is 12.5. The zero-order valence-corrected chi connectivity index (χ0v) is 16.9. The van der Waals surface area contributed by atoms with Crippen LogP contribution in [0.25, 0.3) is 0 Å². The quantitative estimate of drug-likeness (QED) is 0.520. The highest BCUT2D eigenvalue weighted by Gasteiger charge is 2.16. The number of thiophene rings is 1. The van der Waals surface area contributed by atoms with Gasteiger partial charge in [-0.25, -0.2) is 4.98 Å². The van der Waals surface area contributed by atoms with E-state index in [0.29, 0.717) is 35.5 Å². The number of aryl methyl sites for hydroxylation is 1. The summed E-state index contributed by atoms with van der Waals surface area (Å²) in [6.07, 6.45) is 3.08. The number of hydrogen-bond acceptors (Lipinski definition) is 7. The Hall–Kier alpha value is -3.17. The minimum absolute atomic E-state index is 0.212. The standard InChI is InChI=1S/C20H21N3O5S/c1-13-10-17(23-19(24)15-4-3-7-27-15)29-18(13)20(25)22-12-14-5-6-16(21-11-14)28-9-8-26-2/h3-7,10-11H,8-9,12H2,1-2H3,(H,22,25)(H,23,24). The van der Waals surface area contributed by atoms with Gasteiger partial charge in [-0.3, -0.25) is 9.59 Å². The fraction of sp³-hybridized carbons (Fsp3) is 0.250. The molecule has 3 aromatic heterocycles. The molecule has 0 aromatic carbocycles. The Bertz CT molecular complexity index is 951. The minimum Gasteiger partial charge on any atom is -0.475 e. The molecule has 9 heteroatoms. The van der Waals surface area contributed by atoms with Crippen molar-refractivity contribution in [3.05, 3.63) is 64.6 Å². The fourth-order valence-corrected chi connectivity index (χ4v) is 3.43. The molecule has 8 nitrogen and oxygen atoms in total. The molecule has 0 unspecified atom stereocenters. The average Bonchev–Trinajstić information content (AvgIpc) is 3.37. The number of hydrogen-bond donors (Lipinski definition) is 2. The number of carbonyl (C=O) groups is 2. The molecule has 0 saturated heterocycles. The van der Waals surface area contributed by atoms with Gasteiger partial charge in [0.05, 0.1) is 22.7 Å². The topological polar surface area (TPSA) is 103 Å². The van der Waals surface area contributed by atoms with E-state index in [1.165, 1.54) is 17.6 Å². The van der Waals surface area contributed by atoms with Gasteiger partial charge in [0, 0.05) is 25.9 Å². The molecule has 0 spiro atoms. The molecule has 0 fully saturated rings. The van der Waals surface area contributed by atoms with E-state index in [1.807, 2.05) is 13.0 Å². The minimum atomic E-state index is -0.359. The lowest BCUT2D eigenvalue weighted by Crippen LogP contribution is -2.22. The van der Waals surface area contributed by atoms with Crippen LogP contribution in [0.5, 0.6) is 5.88 Å². The van der Waals surface area contributed by atoms with Crippen LogP contribution >= 0.6 is 11.3 Å². The van der Waals surface area contributed by atoms with E-state index in [2.05, 4.69) is 15.6 Å². The number of aromatic nitrogens is 1. The first kappa shape index (κ1) is 20.6. The lowest BCUT2D eigenvalue weighted by molar-refractivity contribution is 0.0953. The third-order valence-electron chi connectivity index (χ3n) is 3.89. The fourth-order valence-electron chi connectivity index (χ4n) is 2.44. The summed E-state index contributed by atoms with van der Waals surface area (Å²) in [4.78, 5) is 29.3. The molecule has 3 rings (SSSR count). The lowest BCUT2D eigenvalue weighted by Gasteiger charge is -2.07. The number of anilines is 1. The average molecular weight is 415 g/mol. The maximum absolute atomic E-state index is 12.5. The Morgan fingerprint density at radius 2 is 2.07 bits per heavy atom. The number of nitrogens with zero attached hydrogens (tertiary/aromatic N) is 1. The van der Waals surface area contributed by atoms with Crippen LogP contribution in [0.2, 0.25) is 0 Å². The summed E-state index contributed by atoms with van der Waals surface area (Å²) in [5.41, 5.74) is 1.63. The van der Waals surface area contributed by atoms with Crippen LogP contribution in [0, 0.1) is 6.92 Å². The molecule has 3 aromatic rings. The summed E-state index contributed by atoms with van der Waals surface area (Å²) in [6, 6.07) is 8.56. The van der Waals surface area contributed by atoms with Crippen molar-refractivity contribution in [2.75, 3.05) is 25.6 Å². The normalized spacial score (nSPS) is 10.6. The third kappa shape index (κ3) is 5.66. The number of pyridine rings is 1. The molecule has 29 heavy (non-hydrogen) atoms. The van der Waals surface area contributed by atoms with Crippen LogP contribution in [0.15, 0.2) is 47.2 Å². The van der Waals surface area contributed by atoms with Crippen LogP contribution in [0.3, 0.4) is 0 Å². The van der Waals surface area contributed by atoms with Gasteiger partial charge in [-0.15, -0.1) is 11.3 Å². The van der Waals surface area contributed by atoms with E-state index in [1.54, 1.807) is 37.6 Å². The van der Waals surface area contributed by atoms with Crippen molar-refractivity contribution >= 4 is 28.2 Å². The Balaban J connectivity index is 1.54. The highest BCUT2D eigenvalue weighted by atomic mass is 32.1. The summed E-state index contributed by atoms with van der Waals surface area (Å²) in [6.45, 7) is 3.07. The number of methoxy groups -OCH3 is 1. The zero-order valence-electron chi connectivity index (χ0n) is 16.1. The largest absolute Gasteiger partial charge is 0.475 e. The lowest BCUT2D eigenvalue weighted by atomic mass is 10.2. The summed E-state index contributed by atoms with van der Waals surface area (Å²) >= 11 is 1.21. The first-order valence-corrected chi connectivity index (χ1v) is 9.68. The molecule has 0 saturated carbocycles. The van der Waals surface area contributed by atoms with E-state index >= 15 is 0 Å². The number of ether oxygens (including phenoxy) is 2. The van der Waals surface area contributed by atoms with E-state index in [4.69, 9.17) is 13.9 Å². The monoisotopic (exact) mass is 415 g/mol. The van der Waals surface area contributed by atoms with Gasteiger partial charge in [0.1, 0.15) is 6.61 Å². The molecule has 0 radical (unpaired) electrons. The van der Waals surface area contributed by atoms with Gasteiger partial charge in [0.25, 0.3) is 11.8 Å². The Labute approximate surface area is 171 Å². The molecule has 152 valence electrons. The molecule has 0 aliphatic carbocycles. The second kappa shape index (κ2) is 9.85. The predicted molar refractivity (Wildman–Crippen MR) is 108 cm³/mol. The van der Waals surface area contributed by atoms with Crippen molar-refractivity contribution in [1.29, 1.82) is 0 Å². The van der Waals surface area contributed by atoms with Crippen LogP contribution in [-0.4, -0.2) is 37.1 Å². The SMILES string of the molecule is COCCOc1ccc(CNC(=O)c2sc(NC(=O)c3ccco3)cc2C)cn1. The highest BCUT2D eigenvalue weighted by Crippen LogP contribution is 2.27. The zero-order chi connectivity index (χ0) is 20.6. The van der Waals surface area contributed by atoms with Crippen molar-refractivity contribution in [2.45, 2.75) is 13.5 Å². The van der Waals surface area contributed by atoms with E-state index in [-0.39, 0.29) is 17.6 Å². The van der Waals surface area contributed by atoms with Gasteiger partial charge < -0.3 is 24.5 Å². The van der Waals surface area contributed by atoms with Crippen molar-refractivity contribution < 1.29 is 23.5 Å². The van der Waals surface area contributed by atoms with Gasteiger partial charge in [-0.2, -0.15) is 0 Å². The summed E-state index contributed by atoms with van der Waals surface area (Å²) < 4.78 is 15.4. The van der Waals surface area contributed by atoms with E-state index in [0.717, 1.165) is 11.1 Å².